The Bertz CT molecular complexity index is 488. The van der Waals surface area contributed by atoms with Gasteiger partial charge in [-0.2, -0.15) is 0 Å². The summed E-state index contributed by atoms with van der Waals surface area (Å²) in [5.74, 6) is 0. The SMILES string of the molecule is CCCc1ccc(C(Br)c2ccc(I)cc2)cc1. The number of hydrogen-bond donors (Lipinski definition) is 0. The third kappa shape index (κ3) is 3.58. The molecule has 0 radical (unpaired) electrons. The smallest absolute Gasteiger partial charge is 0.0644 e. The van der Waals surface area contributed by atoms with Crippen LogP contribution in [-0.4, -0.2) is 0 Å². The van der Waals surface area contributed by atoms with Gasteiger partial charge in [0.25, 0.3) is 0 Å². The van der Waals surface area contributed by atoms with Crippen molar-refractivity contribution in [2.45, 2.75) is 24.6 Å². The lowest BCUT2D eigenvalue weighted by Crippen LogP contribution is -1.93. The fraction of sp³-hybridized carbons (Fsp3) is 0.250. The molecule has 0 fully saturated rings. The average Bonchev–Trinajstić information content (AvgIpc) is 2.40. The second kappa shape index (κ2) is 6.71. The van der Waals surface area contributed by atoms with Crippen molar-refractivity contribution in [2.75, 3.05) is 0 Å². The van der Waals surface area contributed by atoms with E-state index < -0.39 is 0 Å². The molecule has 0 amide bonds. The van der Waals surface area contributed by atoms with E-state index in [0.717, 1.165) is 6.42 Å². The maximum absolute atomic E-state index is 3.78. The normalized spacial score (nSPS) is 12.4. The molecule has 0 bridgehead atoms. The molecule has 2 aromatic rings. The van der Waals surface area contributed by atoms with E-state index in [1.165, 1.54) is 26.7 Å². The first-order chi connectivity index (χ1) is 8.70. The van der Waals surface area contributed by atoms with E-state index in [2.05, 4.69) is 94.0 Å². The van der Waals surface area contributed by atoms with E-state index in [9.17, 15) is 0 Å². The molecule has 2 rings (SSSR count). The third-order valence-corrected chi connectivity index (χ3v) is 4.75. The monoisotopic (exact) mass is 414 g/mol. The zero-order valence-corrected chi connectivity index (χ0v) is 14.1. The standard InChI is InChI=1S/C16H16BrI/c1-2-3-12-4-6-13(7-5-12)16(17)14-8-10-15(18)11-9-14/h4-11,16H,2-3H2,1H3. The van der Waals surface area contributed by atoms with Gasteiger partial charge in [0.05, 0.1) is 4.83 Å². The summed E-state index contributed by atoms with van der Waals surface area (Å²) in [6, 6.07) is 17.6. The molecule has 0 N–H and O–H groups in total. The highest BCUT2D eigenvalue weighted by Crippen LogP contribution is 2.31. The molecule has 18 heavy (non-hydrogen) atoms. The highest BCUT2D eigenvalue weighted by Gasteiger charge is 2.09. The first-order valence-corrected chi connectivity index (χ1v) is 8.18. The van der Waals surface area contributed by atoms with Gasteiger partial charge in [0.1, 0.15) is 0 Å². The van der Waals surface area contributed by atoms with Crippen molar-refractivity contribution < 1.29 is 0 Å². The van der Waals surface area contributed by atoms with Crippen LogP contribution in [0.5, 0.6) is 0 Å². The Balaban J connectivity index is 2.17. The highest BCUT2D eigenvalue weighted by atomic mass is 127. The summed E-state index contributed by atoms with van der Waals surface area (Å²) in [5.41, 5.74) is 4.04. The van der Waals surface area contributed by atoms with Crippen LogP contribution in [0, 0.1) is 3.57 Å². The van der Waals surface area contributed by atoms with E-state index in [4.69, 9.17) is 0 Å². The van der Waals surface area contributed by atoms with Crippen molar-refractivity contribution in [1.29, 1.82) is 0 Å². The number of benzene rings is 2. The maximum Gasteiger partial charge on any atom is 0.0644 e. The average molecular weight is 415 g/mol. The first-order valence-electron chi connectivity index (χ1n) is 6.19. The van der Waals surface area contributed by atoms with Crippen molar-refractivity contribution in [2.24, 2.45) is 0 Å². The van der Waals surface area contributed by atoms with Crippen molar-refractivity contribution >= 4 is 38.5 Å². The van der Waals surface area contributed by atoms with Crippen LogP contribution in [0.25, 0.3) is 0 Å². The molecule has 2 aromatic carbocycles. The van der Waals surface area contributed by atoms with E-state index in [1.807, 2.05) is 0 Å². The molecular formula is C16H16BrI. The van der Waals surface area contributed by atoms with Crippen LogP contribution in [0.2, 0.25) is 0 Å². The predicted molar refractivity (Wildman–Crippen MR) is 90.4 cm³/mol. The summed E-state index contributed by atoms with van der Waals surface area (Å²) in [7, 11) is 0. The molecule has 0 aliphatic heterocycles. The van der Waals surface area contributed by atoms with Crippen molar-refractivity contribution in [1.82, 2.24) is 0 Å². The van der Waals surface area contributed by atoms with Crippen LogP contribution in [0.15, 0.2) is 48.5 Å². The summed E-state index contributed by atoms with van der Waals surface area (Å²) in [6.07, 6.45) is 2.37. The van der Waals surface area contributed by atoms with Gasteiger partial charge in [0.2, 0.25) is 0 Å². The van der Waals surface area contributed by atoms with E-state index >= 15 is 0 Å². The Labute approximate surface area is 131 Å². The Morgan fingerprint density at radius 1 is 0.944 bits per heavy atom. The number of halogens is 2. The molecule has 0 aliphatic carbocycles. The highest BCUT2D eigenvalue weighted by molar-refractivity contribution is 14.1. The molecule has 0 aliphatic rings. The van der Waals surface area contributed by atoms with Crippen LogP contribution in [0.4, 0.5) is 0 Å². The molecule has 0 nitrogen and oxygen atoms in total. The van der Waals surface area contributed by atoms with Crippen molar-refractivity contribution in [3.63, 3.8) is 0 Å². The number of alkyl halides is 1. The lowest BCUT2D eigenvalue weighted by atomic mass is 10.0. The van der Waals surface area contributed by atoms with Gasteiger partial charge < -0.3 is 0 Å². The van der Waals surface area contributed by atoms with Gasteiger partial charge in [-0.1, -0.05) is 65.7 Å². The lowest BCUT2D eigenvalue weighted by molar-refractivity contribution is 0.920. The van der Waals surface area contributed by atoms with Crippen LogP contribution < -0.4 is 0 Å². The molecule has 0 spiro atoms. The molecule has 1 atom stereocenters. The summed E-state index contributed by atoms with van der Waals surface area (Å²) in [6.45, 7) is 2.22. The van der Waals surface area contributed by atoms with Gasteiger partial charge in [0.15, 0.2) is 0 Å². The second-order valence-electron chi connectivity index (χ2n) is 4.41. The van der Waals surface area contributed by atoms with Crippen molar-refractivity contribution in [3.8, 4) is 0 Å². The molecule has 0 aromatic heterocycles. The van der Waals surface area contributed by atoms with Crippen LogP contribution in [0.1, 0.15) is 34.9 Å². The fourth-order valence-electron chi connectivity index (χ4n) is 1.97. The minimum atomic E-state index is 0.283. The Morgan fingerprint density at radius 3 is 1.94 bits per heavy atom. The number of hydrogen-bond acceptors (Lipinski definition) is 0. The molecule has 1 unspecified atom stereocenters. The second-order valence-corrected chi connectivity index (χ2v) is 6.57. The number of aryl methyl sites for hydroxylation is 1. The van der Waals surface area contributed by atoms with Gasteiger partial charge in [0, 0.05) is 3.57 Å². The van der Waals surface area contributed by atoms with Gasteiger partial charge in [-0.25, -0.2) is 0 Å². The quantitative estimate of drug-likeness (QED) is 0.442. The minimum absolute atomic E-state index is 0.283. The molecule has 2 heteroatoms. The summed E-state index contributed by atoms with van der Waals surface area (Å²) in [5, 5.41) is 0. The summed E-state index contributed by atoms with van der Waals surface area (Å²) < 4.78 is 1.27. The number of rotatable bonds is 4. The van der Waals surface area contributed by atoms with E-state index in [-0.39, 0.29) is 4.83 Å². The zero-order valence-electron chi connectivity index (χ0n) is 10.4. The maximum atomic E-state index is 3.78. The predicted octanol–water partition coefficient (Wildman–Crippen LogP) is 5.73. The minimum Gasteiger partial charge on any atom is -0.0786 e. The molecular weight excluding hydrogens is 399 g/mol. The lowest BCUT2D eigenvalue weighted by Gasteiger charge is -2.11. The van der Waals surface area contributed by atoms with Crippen LogP contribution >= 0.6 is 38.5 Å². The van der Waals surface area contributed by atoms with Gasteiger partial charge in [-0.05, 0) is 57.8 Å². The zero-order chi connectivity index (χ0) is 13.0. The molecule has 0 saturated heterocycles. The van der Waals surface area contributed by atoms with Crippen LogP contribution in [0.3, 0.4) is 0 Å². The Hall–Kier alpha value is -0.350. The van der Waals surface area contributed by atoms with Gasteiger partial charge in [-0.15, -0.1) is 0 Å². The Kier molecular flexibility index (Phi) is 5.25. The molecule has 0 saturated carbocycles. The fourth-order valence-corrected chi connectivity index (χ4v) is 2.94. The molecule has 0 heterocycles. The topological polar surface area (TPSA) is 0 Å². The largest absolute Gasteiger partial charge is 0.0786 e. The first kappa shape index (κ1) is 14.1. The van der Waals surface area contributed by atoms with E-state index in [0.29, 0.717) is 0 Å². The Morgan fingerprint density at radius 2 is 1.44 bits per heavy atom. The van der Waals surface area contributed by atoms with Crippen molar-refractivity contribution in [3.05, 3.63) is 68.8 Å². The van der Waals surface area contributed by atoms with Gasteiger partial charge >= 0.3 is 0 Å². The van der Waals surface area contributed by atoms with Crippen LogP contribution in [-0.2, 0) is 6.42 Å². The summed E-state index contributed by atoms with van der Waals surface area (Å²) >= 11 is 6.11. The third-order valence-electron chi connectivity index (χ3n) is 2.97. The molecule has 94 valence electrons. The van der Waals surface area contributed by atoms with E-state index in [1.54, 1.807) is 0 Å². The summed E-state index contributed by atoms with van der Waals surface area (Å²) in [4.78, 5) is 0.283. The van der Waals surface area contributed by atoms with Gasteiger partial charge in [-0.3, -0.25) is 0 Å².